The van der Waals surface area contributed by atoms with Gasteiger partial charge in [-0.25, -0.2) is 9.79 Å². The molecule has 0 spiro atoms. The Morgan fingerprint density at radius 1 is 1.02 bits per heavy atom. The molecule has 0 saturated carbocycles. The highest BCUT2D eigenvalue weighted by Gasteiger charge is 2.34. The van der Waals surface area contributed by atoms with Crippen LogP contribution >= 0.6 is 27.3 Å². The van der Waals surface area contributed by atoms with Crippen molar-refractivity contribution in [1.29, 1.82) is 0 Å². The maximum atomic E-state index is 14.1. The van der Waals surface area contributed by atoms with Crippen LogP contribution < -0.4 is 29.1 Å². The highest BCUT2D eigenvalue weighted by molar-refractivity contribution is 9.10. The van der Waals surface area contributed by atoms with Crippen molar-refractivity contribution in [1.82, 2.24) is 4.57 Å². The van der Waals surface area contributed by atoms with Crippen LogP contribution in [0.5, 0.6) is 17.2 Å². The van der Waals surface area contributed by atoms with Crippen molar-refractivity contribution in [3.63, 3.8) is 0 Å². The van der Waals surface area contributed by atoms with E-state index in [9.17, 15) is 9.59 Å². The minimum Gasteiger partial charge on any atom is -0.497 e. The summed E-state index contributed by atoms with van der Waals surface area (Å²) in [5.74, 6) is 1.28. The molecule has 0 unspecified atom stereocenters. The molecule has 0 bridgehead atoms. The molecule has 2 heterocycles. The van der Waals surface area contributed by atoms with Crippen molar-refractivity contribution in [2.24, 2.45) is 4.99 Å². The maximum Gasteiger partial charge on any atom is 0.338 e. The van der Waals surface area contributed by atoms with E-state index in [1.165, 1.54) is 11.3 Å². The maximum absolute atomic E-state index is 14.1. The van der Waals surface area contributed by atoms with E-state index in [1.54, 1.807) is 31.8 Å². The van der Waals surface area contributed by atoms with Crippen molar-refractivity contribution < 1.29 is 23.7 Å². The number of aromatic nitrogens is 1. The van der Waals surface area contributed by atoms with E-state index in [-0.39, 0.29) is 12.2 Å². The van der Waals surface area contributed by atoms with Crippen LogP contribution in [0.25, 0.3) is 6.08 Å². The van der Waals surface area contributed by atoms with E-state index in [0.29, 0.717) is 50.9 Å². The molecule has 0 saturated heterocycles. The number of carbonyl (C=O) groups is 1. The van der Waals surface area contributed by atoms with Gasteiger partial charge in [-0.1, -0.05) is 70.9 Å². The van der Waals surface area contributed by atoms with Gasteiger partial charge in [-0.15, -0.1) is 0 Å². The number of nitrogens with zero attached hydrogens (tertiary/aromatic N) is 2. The van der Waals surface area contributed by atoms with Crippen LogP contribution in [0.2, 0.25) is 0 Å². The van der Waals surface area contributed by atoms with Crippen LogP contribution in [0.1, 0.15) is 49.4 Å². The normalized spacial score (nSPS) is 14.6. The highest BCUT2D eigenvalue weighted by Crippen LogP contribution is 2.34. The van der Waals surface area contributed by atoms with Gasteiger partial charge in [-0.3, -0.25) is 9.36 Å². The third kappa shape index (κ3) is 6.66. The summed E-state index contributed by atoms with van der Waals surface area (Å²) >= 11 is 4.73. The van der Waals surface area contributed by atoms with E-state index in [4.69, 9.17) is 23.9 Å². The number of allylic oxidation sites excluding steroid dienone is 1. The molecule has 5 rings (SSSR count). The van der Waals surface area contributed by atoms with Gasteiger partial charge in [0.15, 0.2) is 16.3 Å². The average Bonchev–Trinajstić information content (AvgIpc) is 3.34. The second kappa shape index (κ2) is 14.1. The molecule has 0 amide bonds. The van der Waals surface area contributed by atoms with Crippen LogP contribution in [0.15, 0.2) is 92.3 Å². The van der Waals surface area contributed by atoms with E-state index in [1.807, 2.05) is 73.7 Å². The fourth-order valence-electron chi connectivity index (χ4n) is 5.03. The Labute approximate surface area is 268 Å². The average molecular weight is 678 g/mol. The lowest BCUT2D eigenvalue weighted by atomic mass is 9.94. The van der Waals surface area contributed by atoms with Gasteiger partial charge in [0, 0.05) is 4.47 Å². The number of ether oxygens (including phenoxy) is 4. The number of thiazole rings is 1. The van der Waals surface area contributed by atoms with E-state index >= 15 is 0 Å². The lowest BCUT2D eigenvalue weighted by Crippen LogP contribution is -2.40. The second-order valence-corrected chi connectivity index (χ2v) is 11.9. The van der Waals surface area contributed by atoms with Gasteiger partial charge in [0.05, 0.1) is 42.7 Å². The summed E-state index contributed by atoms with van der Waals surface area (Å²) in [7, 11) is 3.17. The summed E-state index contributed by atoms with van der Waals surface area (Å²) in [4.78, 5) is 32.8. The topological polar surface area (TPSA) is 88.4 Å². The third-order valence-corrected chi connectivity index (χ3v) is 8.61. The van der Waals surface area contributed by atoms with E-state index < -0.39 is 12.0 Å². The molecule has 10 heteroatoms. The zero-order valence-corrected chi connectivity index (χ0v) is 27.4. The minimum atomic E-state index is -0.715. The Balaban J connectivity index is 1.58. The van der Waals surface area contributed by atoms with Crippen LogP contribution in [0, 0.1) is 0 Å². The molecule has 0 aliphatic carbocycles. The number of hydrogen-bond acceptors (Lipinski definition) is 8. The van der Waals surface area contributed by atoms with Gasteiger partial charge < -0.3 is 18.9 Å². The Hall–Kier alpha value is -4.15. The number of hydrogen-bond donors (Lipinski definition) is 0. The molecule has 1 aliphatic heterocycles. The van der Waals surface area contributed by atoms with Gasteiger partial charge in [0.2, 0.25) is 0 Å². The van der Waals surface area contributed by atoms with Crippen LogP contribution in [-0.4, -0.2) is 31.4 Å². The lowest BCUT2D eigenvalue weighted by molar-refractivity contribution is -0.139. The number of rotatable bonds is 11. The molecule has 1 atom stereocenters. The Morgan fingerprint density at radius 3 is 2.52 bits per heavy atom. The Morgan fingerprint density at radius 2 is 1.82 bits per heavy atom. The molecule has 0 fully saturated rings. The number of esters is 1. The molecule has 0 radical (unpaired) electrons. The smallest absolute Gasteiger partial charge is 0.338 e. The summed E-state index contributed by atoms with van der Waals surface area (Å²) in [5, 5.41) is 0. The van der Waals surface area contributed by atoms with Crippen LogP contribution in [-0.2, 0) is 16.1 Å². The largest absolute Gasteiger partial charge is 0.497 e. The molecule has 1 aliphatic rings. The van der Waals surface area contributed by atoms with Crippen molar-refractivity contribution >= 4 is 39.3 Å². The van der Waals surface area contributed by atoms with Crippen LogP contribution in [0.4, 0.5) is 0 Å². The van der Waals surface area contributed by atoms with Gasteiger partial charge in [-0.05, 0) is 72.5 Å². The molecule has 228 valence electrons. The van der Waals surface area contributed by atoms with Crippen molar-refractivity contribution in [2.75, 3.05) is 20.8 Å². The SMILES string of the molecule is CCCC1=C(C(=O)OCC)[C@@H](c2cccc(OC)c2)n2c(s/c(=C\c3ccc(OCc4ccc(Br)cc4)c(OC)c3)c2=O)=N1. The molecule has 0 N–H and O–H groups in total. The number of methoxy groups -OCH3 is 2. The van der Waals surface area contributed by atoms with Crippen molar-refractivity contribution in [3.8, 4) is 17.2 Å². The highest BCUT2D eigenvalue weighted by atomic mass is 79.9. The van der Waals surface area contributed by atoms with E-state index in [0.717, 1.165) is 27.6 Å². The first-order valence-corrected chi connectivity index (χ1v) is 15.9. The van der Waals surface area contributed by atoms with Gasteiger partial charge >= 0.3 is 5.97 Å². The Kier molecular flexibility index (Phi) is 10.0. The van der Waals surface area contributed by atoms with Gasteiger partial charge in [0.25, 0.3) is 5.56 Å². The zero-order chi connectivity index (χ0) is 31.2. The first-order valence-electron chi connectivity index (χ1n) is 14.3. The molecule has 3 aromatic carbocycles. The van der Waals surface area contributed by atoms with Gasteiger partial charge in [0.1, 0.15) is 12.4 Å². The first-order chi connectivity index (χ1) is 21.4. The summed E-state index contributed by atoms with van der Waals surface area (Å²) in [6.07, 6.45) is 3.15. The molecule has 4 aromatic rings. The fraction of sp³-hybridized carbons (Fsp3) is 0.265. The number of benzene rings is 3. The van der Waals surface area contributed by atoms with Gasteiger partial charge in [-0.2, -0.15) is 0 Å². The zero-order valence-electron chi connectivity index (χ0n) is 25.0. The predicted molar refractivity (Wildman–Crippen MR) is 174 cm³/mol. The summed E-state index contributed by atoms with van der Waals surface area (Å²) in [6, 6.07) is 20.1. The summed E-state index contributed by atoms with van der Waals surface area (Å²) in [6.45, 7) is 4.39. The molecular formula is C34H33BrN2O6S. The first kappa shape index (κ1) is 31.3. The monoisotopic (exact) mass is 676 g/mol. The molecule has 8 nitrogen and oxygen atoms in total. The third-order valence-electron chi connectivity index (χ3n) is 7.09. The quantitative estimate of drug-likeness (QED) is 0.183. The van der Waals surface area contributed by atoms with Crippen molar-refractivity contribution in [2.45, 2.75) is 39.3 Å². The molecule has 1 aromatic heterocycles. The number of carbonyl (C=O) groups excluding carboxylic acids is 1. The summed E-state index contributed by atoms with van der Waals surface area (Å²) < 4.78 is 25.7. The lowest BCUT2D eigenvalue weighted by Gasteiger charge is -2.26. The predicted octanol–water partition coefficient (Wildman–Crippen LogP) is 5.94. The molecular weight excluding hydrogens is 644 g/mol. The number of halogens is 1. The molecule has 44 heavy (non-hydrogen) atoms. The minimum absolute atomic E-state index is 0.210. The van der Waals surface area contributed by atoms with Crippen molar-refractivity contribution in [3.05, 3.63) is 119 Å². The van der Waals surface area contributed by atoms with Crippen LogP contribution in [0.3, 0.4) is 0 Å². The summed E-state index contributed by atoms with van der Waals surface area (Å²) in [5.41, 5.74) is 3.26. The number of fused-ring (bicyclic) bond motifs is 1. The fourth-order valence-corrected chi connectivity index (χ4v) is 6.32. The van der Waals surface area contributed by atoms with E-state index in [2.05, 4.69) is 15.9 Å². The Bertz CT molecular complexity index is 1880. The second-order valence-electron chi connectivity index (χ2n) is 10.0. The standard InChI is InChI=1S/C34H33BrN2O6S/c1-5-8-26-30(33(39)42-6-2)31(23-9-7-10-25(19-23)40-3)37-32(38)29(44-34(37)36-26)18-22-13-16-27(28(17-22)41-4)43-20-21-11-14-24(35)15-12-21/h7,9-19,31H,5-6,8,20H2,1-4H3/b29-18-/t31-/m1/s1.